The molecule has 0 unspecified atom stereocenters. The monoisotopic (exact) mass is 246 g/mol. The van der Waals surface area contributed by atoms with Gasteiger partial charge in [-0.1, -0.05) is 6.92 Å². The normalized spacial score (nSPS) is 12.6. The second kappa shape index (κ2) is 6.50. The van der Waals surface area contributed by atoms with Crippen molar-refractivity contribution >= 4 is 17.7 Å². The highest BCUT2D eigenvalue weighted by atomic mass is 32.2. The van der Waals surface area contributed by atoms with E-state index in [1.807, 2.05) is 13.8 Å². The third-order valence-corrected chi connectivity index (χ3v) is 4.00. The van der Waals surface area contributed by atoms with E-state index in [0.717, 1.165) is 13.0 Å². The molecule has 0 bridgehead atoms. The SMILES string of the molecule is CCC(C)(C)NC(=O)CNCC(C)(C)SC. The molecule has 1 amide bonds. The Morgan fingerprint density at radius 1 is 1.25 bits per heavy atom. The zero-order valence-electron chi connectivity index (χ0n) is 11.4. The van der Waals surface area contributed by atoms with E-state index in [0.29, 0.717) is 6.54 Å². The van der Waals surface area contributed by atoms with Gasteiger partial charge in [-0.25, -0.2) is 0 Å². The van der Waals surface area contributed by atoms with E-state index in [1.165, 1.54) is 0 Å². The summed E-state index contributed by atoms with van der Waals surface area (Å²) in [5.74, 6) is 0.0729. The number of thioether (sulfide) groups is 1. The molecule has 3 nitrogen and oxygen atoms in total. The summed E-state index contributed by atoms with van der Waals surface area (Å²) in [5.41, 5.74) is -0.103. The van der Waals surface area contributed by atoms with Crippen LogP contribution in [0.5, 0.6) is 0 Å². The van der Waals surface area contributed by atoms with Crippen LogP contribution in [0.1, 0.15) is 41.0 Å². The van der Waals surface area contributed by atoms with Gasteiger partial charge in [-0.15, -0.1) is 0 Å². The lowest BCUT2D eigenvalue weighted by Crippen LogP contribution is -2.47. The molecule has 0 aliphatic carbocycles. The van der Waals surface area contributed by atoms with E-state index in [-0.39, 0.29) is 16.2 Å². The number of amides is 1. The van der Waals surface area contributed by atoms with Crippen LogP contribution < -0.4 is 10.6 Å². The first-order chi connectivity index (χ1) is 7.22. The summed E-state index contributed by atoms with van der Waals surface area (Å²) >= 11 is 1.80. The van der Waals surface area contributed by atoms with Crippen molar-refractivity contribution in [1.82, 2.24) is 10.6 Å². The lowest BCUT2D eigenvalue weighted by molar-refractivity contribution is -0.121. The quantitative estimate of drug-likeness (QED) is 0.722. The molecule has 16 heavy (non-hydrogen) atoms. The maximum absolute atomic E-state index is 11.6. The molecule has 0 spiro atoms. The van der Waals surface area contributed by atoms with Gasteiger partial charge >= 0.3 is 0 Å². The minimum Gasteiger partial charge on any atom is -0.350 e. The molecular weight excluding hydrogens is 220 g/mol. The summed E-state index contributed by atoms with van der Waals surface area (Å²) in [5, 5.41) is 6.19. The zero-order chi connectivity index (χ0) is 12.8. The fraction of sp³-hybridized carbons (Fsp3) is 0.917. The molecule has 0 saturated carbocycles. The number of nitrogens with one attached hydrogen (secondary N) is 2. The Hall–Kier alpha value is -0.220. The summed E-state index contributed by atoms with van der Waals surface area (Å²) < 4.78 is 0.181. The van der Waals surface area contributed by atoms with Crippen LogP contribution in [0.2, 0.25) is 0 Å². The molecule has 96 valence electrons. The number of rotatable bonds is 7. The second-order valence-electron chi connectivity index (χ2n) is 5.35. The molecule has 0 saturated heterocycles. The third-order valence-electron chi connectivity index (χ3n) is 2.75. The van der Waals surface area contributed by atoms with E-state index in [9.17, 15) is 4.79 Å². The maximum atomic E-state index is 11.6. The van der Waals surface area contributed by atoms with Crippen molar-refractivity contribution in [2.24, 2.45) is 0 Å². The Kier molecular flexibility index (Phi) is 6.41. The van der Waals surface area contributed by atoms with E-state index < -0.39 is 0 Å². The van der Waals surface area contributed by atoms with Gasteiger partial charge in [-0.2, -0.15) is 11.8 Å². The summed E-state index contributed by atoms with van der Waals surface area (Å²) in [6.07, 6.45) is 3.02. The van der Waals surface area contributed by atoms with Crippen molar-refractivity contribution in [1.29, 1.82) is 0 Å². The molecule has 0 aromatic rings. The van der Waals surface area contributed by atoms with Gasteiger partial charge in [0.25, 0.3) is 0 Å². The highest BCUT2D eigenvalue weighted by molar-refractivity contribution is 7.99. The fourth-order valence-electron chi connectivity index (χ4n) is 1.06. The van der Waals surface area contributed by atoms with Crippen LogP contribution in [0.25, 0.3) is 0 Å². The molecule has 0 aliphatic heterocycles. The molecule has 0 rings (SSSR count). The van der Waals surface area contributed by atoms with Crippen LogP contribution >= 0.6 is 11.8 Å². The molecule has 0 atom stereocenters. The lowest BCUT2D eigenvalue weighted by Gasteiger charge is -2.26. The zero-order valence-corrected chi connectivity index (χ0v) is 12.3. The van der Waals surface area contributed by atoms with Crippen LogP contribution in [0.3, 0.4) is 0 Å². The van der Waals surface area contributed by atoms with Crippen molar-refractivity contribution < 1.29 is 4.79 Å². The molecular formula is C12H26N2OS. The van der Waals surface area contributed by atoms with Crippen LogP contribution in [0.15, 0.2) is 0 Å². The molecule has 2 N–H and O–H groups in total. The molecule has 0 aliphatic rings. The van der Waals surface area contributed by atoms with Crippen molar-refractivity contribution in [2.75, 3.05) is 19.3 Å². The summed E-state index contributed by atoms with van der Waals surface area (Å²) in [6, 6.07) is 0. The number of hydrogen-bond donors (Lipinski definition) is 2. The highest BCUT2D eigenvalue weighted by Crippen LogP contribution is 2.19. The largest absolute Gasteiger partial charge is 0.350 e. The Labute approximate surface area is 104 Å². The van der Waals surface area contributed by atoms with Gasteiger partial charge in [0.2, 0.25) is 5.91 Å². The topological polar surface area (TPSA) is 41.1 Å². The number of carbonyl (C=O) groups is 1. The van der Waals surface area contributed by atoms with Crippen LogP contribution in [-0.4, -0.2) is 35.5 Å². The lowest BCUT2D eigenvalue weighted by atomic mass is 10.0. The Balaban J connectivity index is 3.83. The molecule has 0 heterocycles. The molecule has 0 radical (unpaired) electrons. The van der Waals surface area contributed by atoms with Crippen molar-refractivity contribution in [2.45, 2.75) is 51.3 Å². The Morgan fingerprint density at radius 3 is 2.25 bits per heavy atom. The van der Waals surface area contributed by atoms with Gasteiger partial charge in [-0.3, -0.25) is 4.79 Å². The predicted molar refractivity (Wildman–Crippen MR) is 73.0 cm³/mol. The second-order valence-corrected chi connectivity index (χ2v) is 6.87. The van der Waals surface area contributed by atoms with E-state index >= 15 is 0 Å². The highest BCUT2D eigenvalue weighted by Gasteiger charge is 2.19. The average Bonchev–Trinajstić information content (AvgIpc) is 2.17. The van der Waals surface area contributed by atoms with Crippen molar-refractivity contribution in [3.05, 3.63) is 0 Å². The van der Waals surface area contributed by atoms with E-state index in [2.05, 4.69) is 37.7 Å². The maximum Gasteiger partial charge on any atom is 0.234 e. The minimum absolute atomic E-state index is 0.0729. The van der Waals surface area contributed by atoms with Gasteiger partial charge in [0.05, 0.1) is 6.54 Å². The Bertz CT molecular complexity index is 227. The van der Waals surface area contributed by atoms with E-state index in [4.69, 9.17) is 0 Å². The van der Waals surface area contributed by atoms with Crippen LogP contribution in [0.4, 0.5) is 0 Å². The van der Waals surface area contributed by atoms with Crippen molar-refractivity contribution in [3.63, 3.8) is 0 Å². The Morgan fingerprint density at radius 2 is 1.81 bits per heavy atom. The number of hydrogen-bond acceptors (Lipinski definition) is 3. The van der Waals surface area contributed by atoms with Crippen LogP contribution in [0, 0.1) is 0 Å². The molecule has 0 aromatic heterocycles. The summed E-state index contributed by atoms with van der Waals surface area (Å²) in [4.78, 5) is 11.6. The average molecular weight is 246 g/mol. The van der Waals surface area contributed by atoms with Gasteiger partial charge in [0, 0.05) is 16.8 Å². The van der Waals surface area contributed by atoms with Gasteiger partial charge in [-0.05, 0) is 40.4 Å². The number of carbonyl (C=O) groups excluding carboxylic acids is 1. The summed E-state index contributed by atoms with van der Waals surface area (Å²) in [7, 11) is 0. The van der Waals surface area contributed by atoms with E-state index in [1.54, 1.807) is 11.8 Å². The van der Waals surface area contributed by atoms with Crippen molar-refractivity contribution in [3.8, 4) is 0 Å². The fourth-order valence-corrected chi connectivity index (χ4v) is 1.31. The van der Waals surface area contributed by atoms with Crippen LogP contribution in [-0.2, 0) is 4.79 Å². The predicted octanol–water partition coefficient (Wildman–Crippen LogP) is 2.02. The standard InChI is InChI=1S/C12H26N2OS/c1-7-11(2,3)14-10(15)8-13-9-12(4,5)16-6/h13H,7-9H2,1-6H3,(H,14,15). The molecule has 4 heteroatoms. The minimum atomic E-state index is -0.103. The van der Waals surface area contributed by atoms with Gasteiger partial charge < -0.3 is 10.6 Å². The first-order valence-corrected chi connectivity index (χ1v) is 7.02. The van der Waals surface area contributed by atoms with Gasteiger partial charge in [0.15, 0.2) is 0 Å². The third kappa shape index (κ3) is 7.12. The first kappa shape index (κ1) is 15.8. The first-order valence-electron chi connectivity index (χ1n) is 5.79. The smallest absolute Gasteiger partial charge is 0.234 e. The molecule has 0 fully saturated rings. The molecule has 0 aromatic carbocycles. The van der Waals surface area contributed by atoms with Gasteiger partial charge in [0.1, 0.15) is 0 Å². The summed E-state index contributed by atoms with van der Waals surface area (Å²) in [6.45, 7) is 11.7.